The Bertz CT molecular complexity index is 466. The second kappa shape index (κ2) is 4.83. The first-order chi connectivity index (χ1) is 8.20. The molecule has 1 unspecified atom stereocenters. The van der Waals surface area contributed by atoms with Crippen molar-refractivity contribution in [2.45, 2.75) is 12.8 Å². The molecule has 0 aliphatic carbocycles. The maximum atomic E-state index is 11.2. The lowest BCUT2D eigenvalue weighted by Gasteiger charge is -2.32. The number of pyridine rings is 1. The zero-order chi connectivity index (χ0) is 12.3. The van der Waals surface area contributed by atoms with Gasteiger partial charge in [0.1, 0.15) is 11.8 Å². The van der Waals surface area contributed by atoms with Gasteiger partial charge in [-0.25, -0.2) is 4.98 Å². The first-order valence-electron chi connectivity index (χ1n) is 5.61. The van der Waals surface area contributed by atoms with Crippen molar-refractivity contribution in [1.82, 2.24) is 4.98 Å². The SMILES string of the molecule is N#Cc1cc(N2CCCC(C(N)=O)C2)ccn1. The Balaban J connectivity index is 2.16. The molecule has 0 saturated carbocycles. The summed E-state index contributed by atoms with van der Waals surface area (Å²) in [4.78, 5) is 17.2. The molecule has 0 spiro atoms. The first kappa shape index (κ1) is 11.4. The molecule has 1 aromatic rings. The Kier molecular flexibility index (Phi) is 3.24. The fraction of sp³-hybridized carbons (Fsp3) is 0.417. The summed E-state index contributed by atoms with van der Waals surface area (Å²) in [6, 6.07) is 5.60. The van der Waals surface area contributed by atoms with E-state index in [1.54, 1.807) is 12.3 Å². The van der Waals surface area contributed by atoms with Crippen molar-refractivity contribution in [3.63, 3.8) is 0 Å². The van der Waals surface area contributed by atoms with Crippen molar-refractivity contribution in [2.24, 2.45) is 11.7 Å². The number of nitrogens with two attached hydrogens (primary N) is 1. The minimum absolute atomic E-state index is 0.0950. The van der Waals surface area contributed by atoms with Crippen molar-refractivity contribution in [3.05, 3.63) is 24.0 Å². The standard InChI is InChI=1S/C12H14N4O/c13-7-10-6-11(3-4-15-10)16-5-1-2-9(8-16)12(14)17/h3-4,6,9H,1-2,5,8H2,(H2,14,17). The molecule has 2 heterocycles. The third-order valence-corrected chi connectivity index (χ3v) is 3.05. The number of piperidine rings is 1. The van der Waals surface area contributed by atoms with Gasteiger partial charge in [-0.3, -0.25) is 4.79 Å². The number of aromatic nitrogens is 1. The molecule has 1 aliphatic rings. The molecule has 1 atom stereocenters. The Hall–Kier alpha value is -2.09. The molecule has 2 N–H and O–H groups in total. The molecule has 0 aromatic carbocycles. The van der Waals surface area contributed by atoms with Crippen LogP contribution in [0.15, 0.2) is 18.3 Å². The highest BCUT2D eigenvalue weighted by Gasteiger charge is 2.24. The van der Waals surface area contributed by atoms with Crippen LogP contribution in [0.4, 0.5) is 5.69 Å². The molecule has 2 rings (SSSR count). The number of amides is 1. The van der Waals surface area contributed by atoms with E-state index in [2.05, 4.69) is 9.88 Å². The maximum Gasteiger partial charge on any atom is 0.222 e. The molecular weight excluding hydrogens is 216 g/mol. The lowest BCUT2D eigenvalue weighted by atomic mass is 9.97. The number of rotatable bonds is 2. The summed E-state index contributed by atoms with van der Waals surface area (Å²) in [5.74, 6) is -0.341. The van der Waals surface area contributed by atoms with E-state index in [4.69, 9.17) is 11.0 Å². The minimum atomic E-state index is -0.246. The number of carbonyl (C=O) groups is 1. The molecule has 1 fully saturated rings. The van der Waals surface area contributed by atoms with E-state index in [9.17, 15) is 4.79 Å². The number of hydrogen-bond acceptors (Lipinski definition) is 4. The van der Waals surface area contributed by atoms with E-state index in [0.717, 1.165) is 25.1 Å². The quantitative estimate of drug-likeness (QED) is 0.808. The second-order valence-corrected chi connectivity index (χ2v) is 4.20. The third-order valence-electron chi connectivity index (χ3n) is 3.05. The molecule has 5 heteroatoms. The molecule has 0 radical (unpaired) electrons. The van der Waals surface area contributed by atoms with Crippen molar-refractivity contribution in [1.29, 1.82) is 5.26 Å². The van der Waals surface area contributed by atoms with Crippen LogP contribution in [0.3, 0.4) is 0 Å². The van der Waals surface area contributed by atoms with Crippen LogP contribution in [0, 0.1) is 17.2 Å². The van der Waals surface area contributed by atoms with Gasteiger partial charge in [-0.05, 0) is 25.0 Å². The van der Waals surface area contributed by atoms with Gasteiger partial charge in [-0.2, -0.15) is 5.26 Å². The van der Waals surface area contributed by atoms with Gasteiger partial charge in [0.05, 0.1) is 5.92 Å². The predicted octanol–water partition coefficient (Wildman–Crippen LogP) is 0.655. The van der Waals surface area contributed by atoms with Crippen LogP contribution in [0.25, 0.3) is 0 Å². The van der Waals surface area contributed by atoms with Crippen LogP contribution >= 0.6 is 0 Å². The Morgan fingerprint density at radius 3 is 3.18 bits per heavy atom. The van der Waals surface area contributed by atoms with E-state index in [0.29, 0.717) is 12.2 Å². The predicted molar refractivity (Wildman–Crippen MR) is 63.1 cm³/mol. The summed E-state index contributed by atoms with van der Waals surface area (Å²) in [5.41, 5.74) is 6.66. The van der Waals surface area contributed by atoms with Gasteiger partial charge in [0.2, 0.25) is 5.91 Å². The Morgan fingerprint density at radius 1 is 1.65 bits per heavy atom. The number of carbonyl (C=O) groups excluding carboxylic acids is 1. The van der Waals surface area contributed by atoms with Gasteiger partial charge >= 0.3 is 0 Å². The smallest absolute Gasteiger partial charge is 0.222 e. The summed E-state index contributed by atoms with van der Waals surface area (Å²) in [6.45, 7) is 1.52. The lowest BCUT2D eigenvalue weighted by Crippen LogP contribution is -2.41. The number of hydrogen-bond donors (Lipinski definition) is 1. The zero-order valence-corrected chi connectivity index (χ0v) is 9.47. The Morgan fingerprint density at radius 2 is 2.47 bits per heavy atom. The van der Waals surface area contributed by atoms with Crippen molar-refractivity contribution < 1.29 is 4.79 Å². The normalized spacial score (nSPS) is 19.7. The molecular formula is C12H14N4O. The summed E-state index contributed by atoms with van der Waals surface area (Å²) < 4.78 is 0. The first-order valence-corrected chi connectivity index (χ1v) is 5.61. The van der Waals surface area contributed by atoms with Crippen LogP contribution in [-0.4, -0.2) is 24.0 Å². The van der Waals surface area contributed by atoms with Gasteiger partial charge in [0.15, 0.2) is 0 Å². The van der Waals surface area contributed by atoms with E-state index < -0.39 is 0 Å². The van der Waals surface area contributed by atoms with E-state index in [1.807, 2.05) is 12.1 Å². The van der Waals surface area contributed by atoms with Gasteiger partial charge in [0, 0.05) is 25.0 Å². The van der Waals surface area contributed by atoms with Crippen LogP contribution in [-0.2, 0) is 4.79 Å². The molecule has 1 aromatic heterocycles. The maximum absolute atomic E-state index is 11.2. The summed E-state index contributed by atoms with van der Waals surface area (Å²) in [7, 11) is 0. The van der Waals surface area contributed by atoms with Crippen LogP contribution in [0.2, 0.25) is 0 Å². The van der Waals surface area contributed by atoms with Gasteiger partial charge < -0.3 is 10.6 Å². The Labute approximate surface area is 99.9 Å². The second-order valence-electron chi connectivity index (χ2n) is 4.20. The highest BCUT2D eigenvalue weighted by Crippen LogP contribution is 2.22. The van der Waals surface area contributed by atoms with Crippen LogP contribution in [0.5, 0.6) is 0 Å². The van der Waals surface area contributed by atoms with E-state index in [1.165, 1.54) is 0 Å². The molecule has 88 valence electrons. The minimum Gasteiger partial charge on any atom is -0.371 e. The van der Waals surface area contributed by atoms with Crippen LogP contribution < -0.4 is 10.6 Å². The monoisotopic (exact) mass is 230 g/mol. The third kappa shape index (κ3) is 2.53. The average molecular weight is 230 g/mol. The van der Waals surface area contributed by atoms with Crippen molar-refractivity contribution in [3.8, 4) is 6.07 Å². The molecule has 5 nitrogen and oxygen atoms in total. The van der Waals surface area contributed by atoms with Crippen molar-refractivity contribution in [2.75, 3.05) is 18.0 Å². The summed E-state index contributed by atoms with van der Waals surface area (Å²) in [5, 5.41) is 8.80. The molecule has 1 saturated heterocycles. The largest absolute Gasteiger partial charge is 0.371 e. The highest BCUT2D eigenvalue weighted by molar-refractivity contribution is 5.77. The van der Waals surface area contributed by atoms with Crippen molar-refractivity contribution >= 4 is 11.6 Å². The average Bonchev–Trinajstić information content (AvgIpc) is 2.39. The van der Waals surface area contributed by atoms with Gasteiger partial charge in [0.25, 0.3) is 0 Å². The topological polar surface area (TPSA) is 83.0 Å². The van der Waals surface area contributed by atoms with E-state index >= 15 is 0 Å². The molecule has 1 amide bonds. The van der Waals surface area contributed by atoms with Gasteiger partial charge in [-0.1, -0.05) is 0 Å². The lowest BCUT2D eigenvalue weighted by molar-refractivity contribution is -0.122. The van der Waals surface area contributed by atoms with Gasteiger partial charge in [-0.15, -0.1) is 0 Å². The fourth-order valence-electron chi connectivity index (χ4n) is 2.12. The molecule has 1 aliphatic heterocycles. The highest BCUT2D eigenvalue weighted by atomic mass is 16.1. The number of anilines is 1. The zero-order valence-electron chi connectivity index (χ0n) is 9.47. The number of nitrogens with zero attached hydrogens (tertiary/aromatic N) is 3. The summed E-state index contributed by atoms with van der Waals surface area (Å²) in [6.07, 6.45) is 3.40. The number of nitriles is 1. The molecule has 17 heavy (non-hydrogen) atoms. The molecule has 0 bridgehead atoms. The van der Waals surface area contributed by atoms with E-state index in [-0.39, 0.29) is 11.8 Å². The summed E-state index contributed by atoms with van der Waals surface area (Å²) >= 11 is 0. The fourth-order valence-corrected chi connectivity index (χ4v) is 2.12. The number of primary amides is 1. The van der Waals surface area contributed by atoms with Crippen LogP contribution in [0.1, 0.15) is 18.5 Å².